The predicted octanol–water partition coefficient (Wildman–Crippen LogP) is 1.91. The molecule has 1 fully saturated rings. The zero-order chi connectivity index (χ0) is 21.7. The lowest BCUT2D eigenvalue weighted by Crippen LogP contribution is -2.38. The van der Waals surface area contributed by atoms with E-state index in [9.17, 15) is 17.2 Å². The molecule has 0 unspecified atom stereocenters. The van der Waals surface area contributed by atoms with Crippen LogP contribution in [0.3, 0.4) is 0 Å². The van der Waals surface area contributed by atoms with Crippen LogP contribution in [0, 0.1) is 6.92 Å². The molecular weight excluding hydrogens is 416 g/mol. The maximum atomic E-state index is 12.5. The van der Waals surface area contributed by atoms with E-state index >= 15 is 0 Å². The monoisotopic (exact) mass is 443 g/mol. The largest absolute Gasteiger partial charge is 0.368 e. The molecule has 3 heterocycles. The number of sulfone groups is 1. The summed E-state index contributed by atoms with van der Waals surface area (Å²) in [5.41, 5.74) is 1.39. The van der Waals surface area contributed by atoms with Gasteiger partial charge in [-0.2, -0.15) is 10.1 Å². The van der Waals surface area contributed by atoms with Crippen LogP contribution in [0.1, 0.15) is 18.4 Å². The molecule has 1 aliphatic heterocycles. The number of likely N-dealkylation sites (tertiary alicyclic amines) is 1. The molecule has 12 heteroatoms. The van der Waals surface area contributed by atoms with Crippen LogP contribution in [0.2, 0.25) is 0 Å². The van der Waals surface area contributed by atoms with Crippen molar-refractivity contribution in [2.75, 3.05) is 42.3 Å². The Kier molecular flexibility index (Phi) is 7.19. The van der Waals surface area contributed by atoms with Crippen LogP contribution in [0.5, 0.6) is 0 Å². The molecule has 0 radical (unpaired) electrons. The highest BCUT2D eigenvalue weighted by Gasteiger charge is 2.25. The van der Waals surface area contributed by atoms with Crippen LogP contribution in [0.4, 0.5) is 26.2 Å². The molecule has 0 amide bonds. The molecule has 0 aromatic carbocycles. The normalized spacial score (nSPS) is 17.6. The van der Waals surface area contributed by atoms with E-state index in [-0.39, 0.29) is 11.8 Å². The van der Waals surface area contributed by atoms with Crippen LogP contribution in [-0.2, 0) is 16.4 Å². The van der Waals surface area contributed by atoms with Crippen LogP contribution >= 0.6 is 0 Å². The van der Waals surface area contributed by atoms with Crippen molar-refractivity contribution in [3.8, 4) is 0 Å². The minimum atomic E-state index is -2.99. The lowest BCUT2D eigenvalue weighted by molar-refractivity contribution is 0.122. The summed E-state index contributed by atoms with van der Waals surface area (Å²) in [5.74, 6) is 1.16. The fourth-order valence-corrected chi connectivity index (χ4v) is 3.96. The highest BCUT2D eigenvalue weighted by Crippen LogP contribution is 2.20. The van der Waals surface area contributed by atoms with Crippen molar-refractivity contribution < 1.29 is 17.2 Å². The van der Waals surface area contributed by atoms with Gasteiger partial charge in [-0.1, -0.05) is 0 Å². The Morgan fingerprint density at radius 3 is 2.87 bits per heavy atom. The smallest absolute Gasteiger partial charge is 0.257 e. The van der Waals surface area contributed by atoms with Crippen molar-refractivity contribution in [1.29, 1.82) is 0 Å². The van der Waals surface area contributed by atoms with Crippen molar-refractivity contribution in [3.05, 3.63) is 24.2 Å². The topological polar surface area (TPSA) is 105 Å². The van der Waals surface area contributed by atoms with Crippen LogP contribution in [0.25, 0.3) is 0 Å². The number of nitrogens with one attached hydrogen (secondary N) is 2. The number of aromatic nitrogens is 4. The van der Waals surface area contributed by atoms with Gasteiger partial charge in [0.2, 0.25) is 5.95 Å². The second kappa shape index (κ2) is 9.65. The van der Waals surface area contributed by atoms with E-state index in [0.717, 1.165) is 29.6 Å². The third-order valence-corrected chi connectivity index (χ3v) is 5.86. The highest BCUT2D eigenvalue weighted by atomic mass is 32.2. The number of rotatable bonds is 10. The molecule has 1 aliphatic rings. The molecule has 166 valence electrons. The summed E-state index contributed by atoms with van der Waals surface area (Å²) in [5, 5.41) is 10.2. The van der Waals surface area contributed by atoms with Gasteiger partial charge in [0.05, 0.1) is 17.6 Å². The number of alkyl halides is 2. The first kappa shape index (κ1) is 22.3. The molecule has 0 saturated carbocycles. The highest BCUT2D eigenvalue weighted by molar-refractivity contribution is 7.90. The minimum absolute atomic E-state index is 0.156. The lowest BCUT2D eigenvalue weighted by atomic mass is 10.2. The number of aryl methyl sites for hydroxylation is 1. The standard InChI is InChI=1S/C18H27F2N7O2S/c1-13-8-22-18(24-14-9-23-27(11-14)12-16(19)20)25-17(13)21-10-15-4-3-5-26(15)6-7-30(2,28)29/h8-9,11,15-16H,3-7,10,12H2,1-2H3,(H2,21,22,24,25)/t15-/m1/s1. The molecule has 9 nitrogen and oxygen atoms in total. The first-order valence-electron chi connectivity index (χ1n) is 9.76. The molecule has 2 aromatic heterocycles. The van der Waals surface area contributed by atoms with Crippen molar-refractivity contribution in [3.63, 3.8) is 0 Å². The summed E-state index contributed by atoms with van der Waals surface area (Å²) in [7, 11) is -2.99. The molecule has 2 aromatic rings. The van der Waals surface area contributed by atoms with E-state index in [1.54, 1.807) is 6.20 Å². The summed E-state index contributed by atoms with van der Waals surface area (Å²) < 4.78 is 49.0. The van der Waals surface area contributed by atoms with Gasteiger partial charge in [0.25, 0.3) is 6.43 Å². The summed E-state index contributed by atoms with van der Waals surface area (Å²) in [6, 6.07) is 0.241. The molecule has 0 bridgehead atoms. The van der Waals surface area contributed by atoms with E-state index in [4.69, 9.17) is 0 Å². The number of hydrogen-bond donors (Lipinski definition) is 2. The summed E-state index contributed by atoms with van der Waals surface area (Å²) in [6.07, 6.45) is 5.40. The maximum absolute atomic E-state index is 12.5. The summed E-state index contributed by atoms with van der Waals surface area (Å²) in [6.45, 7) is 3.49. The Morgan fingerprint density at radius 2 is 2.13 bits per heavy atom. The molecule has 1 atom stereocenters. The maximum Gasteiger partial charge on any atom is 0.257 e. The Hall–Kier alpha value is -2.34. The SMILES string of the molecule is Cc1cnc(Nc2cnn(CC(F)F)c2)nc1NC[C@H]1CCCN1CCS(C)(=O)=O. The van der Waals surface area contributed by atoms with Crippen molar-refractivity contribution in [1.82, 2.24) is 24.6 Å². The molecule has 0 aliphatic carbocycles. The van der Waals surface area contributed by atoms with Crippen molar-refractivity contribution in [2.45, 2.75) is 38.8 Å². The predicted molar refractivity (Wildman–Crippen MR) is 111 cm³/mol. The number of halogens is 2. The molecule has 3 rings (SSSR count). The van der Waals surface area contributed by atoms with Gasteiger partial charge in [0.1, 0.15) is 22.2 Å². The lowest BCUT2D eigenvalue weighted by Gasteiger charge is -2.24. The third-order valence-electron chi connectivity index (χ3n) is 4.94. The second-order valence-corrected chi connectivity index (χ2v) is 9.79. The van der Waals surface area contributed by atoms with Gasteiger partial charge in [-0.25, -0.2) is 22.2 Å². The molecule has 30 heavy (non-hydrogen) atoms. The number of anilines is 3. The zero-order valence-corrected chi connectivity index (χ0v) is 17.9. The minimum Gasteiger partial charge on any atom is -0.368 e. The van der Waals surface area contributed by atoms with Gasteiger partial charge < -0.3 is 10.6 Å². The fraction of sp³-hybridized carbons (Fsp3) is 0.611. The molecule has 1 saturated heterocycles. The first-order valence-corrected chi connectivity index (χ1v) is 11.8. The average Bonchev–Trinajstić information content (AvgIpc) is 3.28. The molecule has 0 spiro atoms. The van der Waals surface area contributed by atoms with E-state index in [0.29, 0.717) is 30.5 Å². The van der Waals surface area contributed by atoms with Gasteiger partial charge >= 0.3 is 0 Å². The van der Waals surface area contributed by atoms with Gasteiger partial charge in [-0.15, -0.1) is 0 Å². The van der Waals surface area contributed by atoms with Gasteiger partial charge in [0, 0.05) is 43.3 Å². The summed E-state index contributed by atoms with van der Waals surface area (Å²) in [4.78, 5) is 10.9. The van der Waals surface area contributed by atoms with E-state index in [1.165, 1.54) is 18.6 Å². The van der Waals surface area contributed by atoms with Gasteiger partial charge in [-0.05, 0) is 26.3 Å². The van der Waals surface area contributed by atoms with Crippen molar-refractivity contribution >= 4 is 27.3 Å². The third kappa shape index (κ3) is 6.59. The quantitative estimate of drug-likeness (QED) is 0.574. The fourth-order valence-electron chi connectivity index (χ4n) is 3.40. The zero-order valence-electron chi connectivity index (χ0n) is 17.1. The summed E-state index contributed by atoms with van der Waals surface area (Å²) >= 11 is 0. The van der Waals surface area contributed by atoms with Gasteiger partial charge in [0.15, 0.2) is 0 Å². The Morgan fingerprint density at radius 1 is 1.33 bits per heavy atom. The van der Waals surface area contributed by atoms with Gasteiger partial charge in [-0.3, -0.25) is 9.58 Å². The Labute approximate surface area is 174 Å². The van der Waals surface area contributed by atoms with E-state index in [1.807, 2.05) is 6.92 Å². The number of nitrogens with zero attached hydrogens (tertiary/aromatic N) is 5. The van der Waals surface area contributed by atoms with Crippen LogP contribution in [0.15, 0.2) is 18.6 Å². The molecular formula is C18H27F2N7O2S. The number of hydrogen-bond acceptors (Lipinski definition) is 8. The van der Waals surface area contributed by atoms with Crippen LogP contribution < -0.4 is 10.6 Å². The van der Waals surface area contributed by atoms with Crippen LogP contribution in [-0.4, -0.2) is 77.2 Å². The Bertz CT molecular complexity index is 952. The van der Waals surface area contributed by atoms with E-state index in [2.05, 4.69) is 30.6 Å². The van der Waals surface area contributed by atoms with E-state index < -0.39 is 22.8 Å². The van der Waals surface area contributed by atoms with Crippen molar-refractivity contribution in [2.24, 2.45) is 0 Å². The molecule has 2 N–H and O–H groups in total. The first-order chi connectivity index (χ1) is 14.2. The Balaban J connectivity index is 1.59. The second-order valence-electron chi connectivity index (χ2n) is 7.54. The average molecular weight is 444 g/mol.